The molecule has 0 aromatic rings. The molecule has 0 spiro atoms. The summed E-state index contributed by atoms with van der Waals surface area (Å²) < 4.78 is 4.91. The summed E-state index contributed by atoms with van der Waals surface area (Å²) in [5, 5.41) is 6.02. The molecule has 100 valence electrons. The third-order valence-electron chi connectivity index (χ3n) is 2.94. The summed E-state index contributed by atoms with van der Waals surface area (Å²) in [6.45, 7) is 6.18. The Morgan fingerprint density at radius 3 is 2.76 bits per heavy atom. The van der Waals surface area contributed by atoms with Gasteiger partial charge < -0.3 is 20.3 Å². The van der Waals surface area contributed by atoms with Gasteiger partial charge in [0.25, 0.3) is 0 Å². The van der Waals surface area contributed by atoms with Crippen LogP contribution in [0.1, 0.15) is 19.3 Å². The number of nitrogens with zero attached hydrogens (tertiary/aromatic N) is 1. The van der Waals surface area contributed by atoms with E-state index in [-0.39, 0.29) is 5.91 Å². The van der Waals surface area contributed by atoms with E-state index in [1.54, 1.807) is 7.11 Å². The van der Waals surface area contributed by atoms with E-state index in [2.05, 4.69) is 15.5 Å². The molecule has 0 bridgehead atoms. The van der Waals surface area contributed by atoms with Crippen LogP contribution in [-0.2, 0) is 9.53 Å². The maximum atomic E-state index is 11.4. The first kappa shape index (κ1) is 14.4. The number of hydrogen-bond acceptors (Lipinski definition) is 4. The number of carbonyl (C=O) groups excluding carboxylic acids is 1. The van der Waals surface area contributed by atoms with Gasteiger partial charge in [0.1, 0.15) is 0 Å². The highest BCUT2D eigenvalue weighted by atomic mass is 16.5. The molecule has 17 heavy (non-hydrogen) atoms. The van der Waals surface area contributed by atoms with Gasteiger partial charge in [0, 0.05) is 33.4 Å². The maximum Gasteiger partial charge on any atom is 0.233 e. The van der Waals surface area contributed by atoms with Crippen LogP contribution in [0.4, 0.5) is 0 Å². The van der Waals surface area contributed by atoms with Crippen molar-refractivity contribution in [3.05, 3.63) is 0 Å². The Kier molecular flexibility index (Phi) is 7.96. The van der Waals surface area contributed by atoms with Crippen molar-refractivity contribution in [1.82, 2.24) is 15.5 Å². The van der Waals surface area contributed by atoms with Crippen molar-refractivity contribution in [2.75, 3.05) is 53.0 Å². The number of methoxy groups -OCH3 is 1. The van der Waals surface area contributed by atoms with Crippen LogP contribution in [-0.4, -0.2) is 63.8 Å². The summed E-state index contributed by atoms with van der Waals surface area (Å²) in [6, 6.07) is 0. The van der Waals surface area contributed by atoms with Crippen LogP contribution in [0, 0.1) is 0 Å². The Morgan fingerprint density at radius 1 is 1.29 bits per heavy atom. The molecule has 0 aliphatic carbocycles. The second-order valence-electron chi connectivity index (χ2n) is 4.42. The average Bonchev–Trinajstić information content (AvgIpc) is 2.83. The number of amides is 1. The normalized spacial score (nSPS) is 16.3. The molecular weight excluding hydrogens is 218 g/mol. The number of likely N-dealkylation sites (tertiary alicyclic amines) is 1. The largest absolute Gasteiger partial charge is 0.385 e. The Hall–Kier alpha value is -0.650. The van der Waals surface area contributed by atoms with Crippen molar-refractivity contribution in [2.24, 2.45) is 0 Å². The zero-order chi connectivity index (χ0) is 12.3. The van der Waals surface area contributed by atoms with E-state index in [9.17, 15) is 4.79 Å². The Bertz CT molecular complexity index is 206. The van der Waals surface area contributed by atoms with E-state index in [1.807, 2.05) is 0 Å². The molecule has 5 heteroatoms. The van der Waals surface area contributed by atoms with Gasteiger partial charge in [0.05, 0.1) is 6.54 Å². The fraction of sp³-hybridized carbons (Fsp3) is 0.917. The Labute approximate surface area is 104 Å². The van der Waals surface area contributed by atoms with Gasteiger partial charge in [-0.1, -0.05) is 0 Å². The number of nitrogens with one attached hydrogen (secondary N) is 2. The molecule has 1 amide bonds. The minimum Gasteiger partial charge on any atom is -0.385 e. The second-order valence-corrected chi connectivity index (χ2v) is 4.42. The second kappa shape index (κ2) is 9.39. The summed E-state index contributed by atoms with van der Waals surface area (Å²) in [5.74, 6) is 0.0718. The molecule has 0 aromatic carbocycles. The molecule has 1 rings (SSSR count). The lowest BCUT2D eigenvalue weighted by Crippen LogP contribution is -2.38. The molecular formula is C12H25N3O2. The third-order valence-corrected chi connectivity index (χ3v) is 2.94. The molecule has 1 heterocycles. The summed E-state index contributed by atoms with van der Waals surface area (Å²) in [4.78, 5) is 13.8. The molecule has 2 N–H and O–H groups in total. The van der Waals surface area contributed by atoms with E-state index in [0.29, 0.717) is 19.7 Å². The number of ether oxygens (including phenoxy) is 1. The van der Waals surface area contributed by atoms with Crippen molar-refractivity contribution >= 4 is 5.91 Å². The molecule has 0 unspecified atom stereocenters. The summed E-state index contributed by atoms with van der Waals surface area (Å²) in [6.07, 6.45) is 3.51. The summed E-state index contributed by atoms with van der Waals surface area (Å²) >= 11 is 0. The highest BCUT2D eigenvalue weighted by molar-refractivity contribution is 5.77. The summed E-state index contributed by atoms with van der Waals surface area (Å²) in [5.41, 5.74) is 0. The fourth-order valence-electron chi connectivity index (χ4n) is 1.95. The lowest BCUT2D eigenvalue weighted by molar-refractivity contribution is -0.120. The van der Waals surface area contributed by atoms with Crippen molar-refractivity contribution in [3.8, 4) is 0 Å². The molecule has 1 fully saturated rings. The van der Waals surface area contributed by atoms with E-state index < -0.39 is 0 Å². The molecule has 1 aliphatic heterocycles. The van der Waals surface area contributed by atoms with Gasteiger partial charge in [-0.2, -0.15) is 0 Å². The van der Waals surface area contributed by atoms with Gasteiger partial charge in [-0.15, -0.1) is 0 Å². The van der Waals surface area contributed by atoms with Gasteiger partial charge in [-0.05, 0) is 32.4 Å². The fourth-order valence-corrected chi connectivity index (χ4v) is 1.95. The predicted molar refractivity (Wildman–Crippen MR) is 68.0 cm³/mol. The van der Waals surface area contributed by atoms with Crippen LogP contribution in [0.2, 0.25) is 0 Å². The quantitative estimate of drug-likeness (QED) is 0.552. The first-order chi connectivity index (χ1) is 8.33. The lowest BCUT2D eigenvalue weighted by atomic mass is 10.4. The van der Waals surface area contributed by atoms with Gasteiger partial charge in [0.15, 0.2) is 0 Å². The molecule has 0 aromatic heterocycles. The molecule has 0 radical (unpaired) electrons. The topological polar surface area (TPSA) is 53.6 Å². The van der Waals surface area contributed by atoms with Crippen LogP contribution in [0.25, 0.3) is 0 Å². The SMILES string of the molecule is COCCCNC(=O)CNCCN1CCCC1. The van der Waals surface area contributed by atoms with E-state index in [0.717, 1.165) is 19.5 Å². The van der Waals surface area contributed by atoms with Gasteiger partial charge >= 0.3 is 0 Å². The van der Waals surface area contributed by atoms with Crippen LogP contribution >= 0.6 is 0 Å². The van der Waals surface area contributed by atoms with Crippen LogP contribution in [0.5, 0.6) is 0 Å². The zero-order valence-corrected chi connectivity index (χ0v) is 10.8. The monoisotopic (exact) mass is 243 g/mol. The number of carbonyl (C=O) groups is 1. The molecule has 5 nitrogen and oxygen atoms in total. The van der Waals surface area contributed by atoms with Crippen LogP contribution < -0.4 is 10.6 Å². The van der Waals surface area contributed by atoms with Crippen LogP contribution in [0.15, 0.2) is 0 Å². The van der Waals surface area contributed by atoms with Crippen molar-refractivity contribution < 1.29 is 9.53 Å². The van der Waals surface area contributed by atoms with E-state index in [4.69, 9.17) is 4.74 Å². The van der Waals surface area contributed by atoms with E-state index in [1.165, 1.54) is 25.9 Å². The smallest absolute Gasteiger partial charge is 0.233 e. The predicted octanol–water partition coefficient (Wildman–Crippen LogP) is -0.175. The van der Waals surface area contributed by atoms with Gasteiger partial charge in [-0.3, -0.25) is 4.79 Å². The third kappa shape index (κ3) is 7.31. The zero-order valence-electron chi connectivity index (χ0n) is 10.8. The van der Waals surface area contributed by atoms with E-state index >= 15 is 0 Å². The first-order valence-electron chi connectivity index (χ1n) is 6.51. The Balaban J connectivity index is 1.85. The molecule has 0 atom stereocenters. The van der Waals surface area contributed by atoms with Gasteiger partial charge in [-0.25, -0.2) is 0 Å². The van der Waals surface area contributed by atoms with Crippen molar-refractivity contribution in [2.45, 2.75) is 19.3 Å². The standard InChI is InChI=1S/C12H25N3O2/c1-17-10-4-5-14-12(16)11-13-6-9-15-7-2-3-8-15/h13H,2-11H2,1H3,(H,14,16). The Morgan fingerprint density at radius 2 is 2.06 bits per heavy atom. The highest BCUT2D eigenvalue weighted by Gasteiger charge is 2.10. The first-order valence-corrected chi connectivity index (χ1v) is 6.51. The highest BCUT2D eigenvalue weighted by Crippen LogP contribution is 2.05. The van der Waals surface area contributed by atoms with Gasteiger partial charge in [0.2, 0.25) is 5.91 Å². The number of rotatable bonds is 9. The minimum absolute atomic E-state index is 0.0718. The average molecular weight is 243 g/mol. The minimum atomic E-state index is 0.0718. The maximum absolute atomic E-state index is 11.4. The van der Waals surface area contributed by atoms with Crippen LogP contribution in [0.3, 0.4) is 0 Å². The summed E-state index contributed by atoms with van der Waals surface area (Å²) in [7, 11) is 1.67. The molecule has 1 aliphatic rings. The lowest BCUT2D eigenvalue weighted by Gasteiger charge is -2.14. The molecule has 1 saturated heterocycles. The number of hydrogen-bond donors (Lipinski definition) is 2. The van der Waals surface area contributed by atoms with Crippen molar-refractivity contribution in [3.63, 3.8) is 0 Å². The van der Waals surface area contributed by atoms with Crippen molar-refractivity contribution in [1.29, 1.82) is 0 Å². The molecule has 0 saturated carbocycles.